The lowest BCUT2D eigenvalue weighted by Gasteiger charge is -2.35. The number of amides is 6. The van der Waals surface area contributed by atoms with Crippen molar-refractivity contribution in [3.8, 4) is 16.2 Å². The Morgan fingerprint density at radius 1 is 0.571 bits per heavy atom. The molecule has 0 aromatic carbocycles. The molecule has 7 atom stereocenters. The smallest absolute Gasteiger partial charge is 0.391 e. The number of urea groups is 3. The van der Waals surface area contributed by atoms with Gasteiger partial charge in [0.1, 0.15) is 47.2 Å². The Hall–Kier alpha value is -10.7. The molecule has 14 rings (SSSR count). The van der Waals surface area contributed by atoms with E-state index in [-0.39, 0.29) is 71.0 Å². The average molecular weight is 1490 g/mol. The first-order valence-electron chi connectivity index (χ1n) is 33.3. The number of rotatable bonds is 17. The van der Waals surface area contributed by atoms with E-state index in [4.69, 9.17) is 9.84 Å². The Balaban J connectivity index is 0.000000148. The summed E-state index contributed by atoms with van der Waals surface area (Å²) in [6, 6.07) is 15.4. The predicted molar refractivity (Wildman–Crippen MR) is 368 cm³/mol. The highest BCUT2D eigenvalue weighted by Gasteiger charge is 2.46. The summed E-state index contributed by atoms with van der Waals surface area (Å²) in [6.07, 6.45) is -6.61. The second-order valence-electron chi connectivity index (χ2n) is 26.1. The average Bonchev–Trinajstić information content (AvgIpc) is 1.67. The maximum absolute atomic E-state index is 13.4. The van der Waals surface area contributed by atoms with Crippen LogP contribution in [0.25, 0.3) is 21.5 Å². The van der Waals surface area contributed by atoms with Gasteiger partial charge in [0.25, 0.3) is 0 Å². The number of pyridine rings is 5. The number of aromatic nitrogens is 9. The number of nitrogens with zero attached hydrogens (tertiary/aromatic N) is 14. The van der Waals surface area contributed by atoms with Crippen molar-refractivity contribution in [3.63, 3.8) is 0 Å². The topological polar surface area (TPSA) is 327 Å². The standard InChI is InChI=1S/C24H23F3N6O2S.C23H26F3N5O5.C21H20F3N7O2/c1-13(24(25,26)27)9-19(34)17-3-4-18-22(30-17)33(16-6-8-32(18)12-16)23(35)31-21-10-15(5-7-28-21)20-11-29-14(2)36-20;1-13(23(24,25)26)8-19(34)17-3-4-18-21(28-17)31(14-6-7-30(18)10-14)22(35)29-20-5-2-16(9-27-20)36-12-15(33)11-32;1-11(21(22,23)24)8-17(32)14-2-3-16-18(27-14)31(12-5-7-30(16)10-12)20(33)29-19-26-9-15-13(28-19)4-6-25-15/h3-5,7,10-11,13,16H,6,8-9,12H2,1-2H3,(H,28,31,35);2-5,9,13-15,32-33H,6-8,10-12H2,1H3,(H,27,29,35);2-4,6,9,11-12,25H,5,7-8,10H2,1H3,(H,26,28,29,33)/t13-,16-;13-,14-,15+;11-,12-/m000/s1. The van der Waals surface area contributed by atoms with Crippen LogP contribution in [0.1, 0.15) is 95.8 Å². The predicted octanol–water partition coefficient (Wildman–Crippen LogP) is 11.7. The van der Waals surface area contributed by atoms with Crippen molar-refractivity contribution < 1.29 is 83.2 Å². The molecule has 6 N–H and O–H groups in total. The van der Waals surface area contributed by atoms with E-state index in [0.29, 0.717) is 92.7 Å². The molecule has 6 amide bonds. The van der Waals surface area contributed by atoms with Crippen molar-refractivity contribution in [2.24, 2.45) is 17.8 Å². The normalized spacial score (nSPS) is 18.1. The Bertz CT molecular complexity index is 4590. The monoisotopic (exact) mass is 1480 g/mol. The number of hydrogen-bond donors (Lipinski definition) is 6. The lowest BCUT2D eigenvalue weighted by Crippen LogP contribution is -2.48. The number of carbonyl (C=O) groups excluding carboxylic acids is 6. The molecular formula is C68H69F9N18O9S. The van der Waals surface area contributed by atoms with Gasteiger partial charge in [0.15, 0.2) is 34.8 Å². The Kier molecular flexibility index (Phi) is 21.3. The van der Waals surface area contributed by atoms with E-state index in [2.05, 4.69) is 65.7 Å². The van der Waals surface area contributed by atoms with Gasteiger partial charge in [-0.15, -0.1) is 11.3 Å². The number of Topliss-reactive ketones (excluding diaryl/α,β-unsaturated/α-hetero) is 3. The second-order valence-corrected chi connectivity index (χ2v) is 27.3. The number of ketones is 3. The number of aryl methyl sites for hydroxylation is 1. The quantitative estimate of drug-likeness (QED) is 0.0364. The van der Waals surface area contributed by atoms with E-state index in [9.17, 15) is 73.4 Å². The number of H-pyrrole nitrogens is 1. The van der Waals surface area contributed by atoms with Gasteiger partial charge in [-0.1, -0.05) is 20.8 Å². The van der Waals surface area contributed by atoms with E-state index in [1.54, 1.807) is 55.1 Å². The molecule has 8 aromatic heterocycles. The molecule has 0 spiro atoms. The van der Waals surface area contributed by atoms with E-state index in [1.165, 1.54) is 62.6 Å². The highest BCUT2D eigenvalue weighted by molar-refractivity contribution is 7.15. The van der Waals surface area contributed by atoms with Crippen molar-refractivity contribution in [1.29, 1.82) is 0 Å². The van der Waals surface area contributed by atoms with Crippen LogP contribution >= 0.6 is 11.3 Å². The van der Waals surface area contributed by atoms with Crippen LogP contribution in [0.4, 0.5) is 106 Å². The number of ether oxygens (including phenoxy) is 1. The first kappa shape index (κ1) is 74.0. The SMILES string of the molecule is C[C@@H](CC(=O)c1ccc2c(n1)N(C(=O)Nc1ccc(OC[C@H](O)CO)cn1)[C@H]1CCN2C1)C(F)(F)F.C[C@@H](CC(=O)c1ccc2c(n1)N(C(=O)Nc1ncc3[nH]ccc3n1)[C@H]1CCN2C1)C(F)(F)F.Cc1ncc(-c2ccnc(NC(=O)N3c4nc(C(=O)C[C@H](C)C(F)(F)F)ccc4N4CC[C@H]3C4)c2)s1. The van der Waals surface area contributed by atoms with Crippen molar-refractivity contribution in [2.75, 3.05) is 97.8 Å². The minimum atomic E-state index is -4.49. The number of halogens is 9. The van der Waals surface area contributed by atoms with Crippen LogP contribution in [-0.2, 0) is 0 Å². The summed E-state index contributed by atoms with van der Waals surface area (Å²) in [6.45, 7) is 8.06. The molecule has 0 unspecified atom stereocenters. The first-order chi connectivity index (χ1) is 49.9. The zero-order valence-electron chi connectivity index (χ0n) is 56.5. The Morgan fingerprint density at radius 3 is 1.47 bits per heavy atom. The third-order valence-electron chi connectivity index (χ3n) is 18.6. The molecule has 27 nitrogen and oxygen atoms in total. The van der Waals surface area contributed by atoms with E-state index in [0.717, 1.165) is 41.7 Å². The van der Waals surface area contributed by atoms with Crippen molar-refractivity contribution in [3.05, 3.63) is 120 Å². The van der Waals surface area contributed by atoms with Crippen molar-refractivity contribution in [1.82, 2.24) is 44.9 Å². The highest BCUT2D eigenvalue weighted by atomic mass is 32.1. The van der Waals surface area contributed by atoms with Gasteiger partial charge in [-0.3, -0.25) is 45.0 Å². The van der Waals surface area contributed by atoms with Crippen LogP contribution in [0, 0.1) is 24.7 Å². The van der Waals surface area contributed by atoms with Gasteiger partial charge in [-0.05, 0) is 98.5 Å². The summed E-state index contributed by atoms with van der Waals surface area (Å²) < 4.78 is 122. The molecule has 6 aliphatic heterocycles. The minimum absolute atomic E-state index is 0.0918. The van der Waals surface area contributed by atoms with Crippen LogP contribution < -0.4 is 50.1 Å². The number of hydrogen-bond acceptors (Lipinski definition) is 21. The molecule has 6 bridgehead atoms. The number of fused-ring (bicyclic) bond motifs is 13. The maximum Gasteiger partial charge on any atom is 0.391 e. The highest BCUT2D eigenvalue weighted by Crippen LogP contribution is 2.44. The summed E-state index contributed by atoms with van der Waals surface area (Å²) in [5.41, 5.74) is 3.84. The van der Waals surface area contributed by atoms with Crippen LogP contribution in [0.3, 0.4) is 0 Å². The number of aromatic amines is 1. The lowest BCUT2D eigenvalue weighted by molar-refractivity contribution is -0.169. The molecule has 0 saturated carbocycles. The summed E-state index contributed by atoms with van der Waals surface area (Å²) in [4.78, 5) is 126. The molecule has 0 aliphatic carbocycles. The van der Waals surface area contributed by atoms with Gasteiger partial charge in [-0.2, -0.15) is 39.5 Å². The minimum Gasteiger partial charge on any atom is -0.489 e. The van der Waals surface area contributed by atoms with Crippen molar-refractivity contribution in [2.45, 2.75) is 109 Å². The number of alkyl halides is 9. The largest absolute Gasteiger partial charge is 0.489 e. The third-order valence-corrected chi connectivity index (χ3v) is 19.5. The summed E-state index contributed by atoms with van der Waals surface area (Å²) in [7, 11) is 0. The number of aliphatic hydroxyl groups excluding tert-OH is 2. The number of anilines is 9. The molecule has 105 heavy (non-hydrogen) atoms. The zero-order chi connectivity index (χ0) is 75.0. The fourth-order valence-corrected chi connectivity index (χ4v) is 13.5. The molecule has 3 saturated heterocycles. The van der Waals surface area contributed by atoms with E-state index < -0.39 is 104 Å². The van der Waals surface area contributed by atoms with Gasteiger partial charge in [0.2, 0.25) is 5.95 Å². The van der Waals surface area contributed by atoms with Gasteiger partial charge in [-0.25, -0.2) is 54.3 Å². The van der Waals surface area contributed by atoms with Crippen LogP contribution in [0.2, 0.25) is 0 Å². The first-order valence-corrected chi connectivity index (χ1v) is 34.1. The molecule has 37 heteroatoms. The fourth-order valence-electron chi connectivity index (χ4n) is 12.7. The Morgan fingerprint density at radius 2 is 1.04 bits per heavy atom. The summed E-state index contributed by atoms with van der Waals surface area (Å²) >= 11 is 1.53. The van der Waals surface area contributed by atoms with E-state index in [1.807, 2.05) is 22.8 Å². The van der Waals surface area contributed by atoms with E-state index >= 15 is 0 Å². The van der Waals surface area contributed by atoms with Crippen LogP contribution in [-0.4, -0.2) is 186 Å². The number of thiazole rings is 1. The second kappa shape index (κ2) is 30.2. The lowest BCUT2D eigenvalue weighted by atomic mass is 10.0. The van der Waals surface area contributed by atoms with Crippen LogP contribution in [0.15, 0.2) is 97.7 Å². The number of carbonyl (C=O) groups is 6. The molecule has 8 aromatic rings. The van der Waals surface area contributed by atoms with Crippen molar-refractivity contribution >= 4 is 110 Å². The van der Waals surface area contributed by atoms with Gasteiger partial charge < -0.3 is 34.6 Å². The maximum atomic E-state index is 13.4. The molecular weight excluding hydrogens is 1420 g/mol. The number of aliphatic hydroxyl groups is 2. The molecule has 554 valence electrons. The molecule has 14 heterocycles. The molecule has 3 fully saturated rings. The summed E-state index contributed by atoms with van der Waals surface area (Å²) in [5.74, 6) is -5.87. The zero-order valence-corrected chi connectivity index (χ0v) is 57.3. The summed E-state index contributed by atoms with van der Waals surface area (Å²) in [5, 5.41) is 27.3. The van der Waals surface area contributed by atoms with Gasteiger partial charge >= 0.3 is 36.6 Å². The molecule has 0 radical (unpaired) electrons. The Labute approximate surface area is 596 Å². The van der Waals surface area contributed by atoms with Gasteiger partial charge in [0.05, 0.1) is 92.9 Å². The molecule has 6 aliphatic rings. The third kappa shape index (κ3) is 16.6. The number of nitrogens with one attached hydrogen (secondary N) is 4. The van der Waals surface area contributed by atoms with Crippen LogP contribution in [0.5, 0.6) is 5.75 Å². The fraction of sp³-hybridized carbons (Fsp3) is 0.412. The van der Waals surface area contributed by atoms with Gasteiger partial charge in [0, 0.05) is 77.1 Å².